The molecule has 4 aromatic rings. The van der Waals surface area contributed by atoms with Crippen molar-refractivity contribution in [1.82, 2.24) is 25.0 Å². The number of pyridine rings is 2. The van der Waals surface area contributed by atoms with Gasteiger partial charge in [-0.25, -0.2) is 0 Å². The lowest BCUT2D eigenvalue weighted by Crippen LogP contribution is -2.26. The van der Waals surface area contributed by atoms with E-state index in [4.69, 9.17) is 4.52 Å². The van der Waals surface area contributed by atoms with E-state index >= 15 is 0 Å². The lowest BCUT2D eigenvalue weighted by molar-refractivity contribution is 0.0785. The highest BCUT2D eigenvalue weighted by Gasteiger charge is 2.29. The maximum absolute atomic E-state index is 12.8. The van der Waals surface area contributed by atoms with Gasteiger partial charge in [-0.2, -0.15) is 4.98 Å². The van der Waals surface area contributed by atoms with Crippen molar-refractivity contribution < 1.29 is 9.32 Å². The highest BCUT2D eigenvalue weighted by atomic mass is 16.5. The Morgan fingerprint density at radius 2 is 1.92 bits per heavy atom. The number of amides is 1. The first-order chi connectivity index (χ1) is 18.0. The number of aromatic nitrogens is 4. The summed E-state index contributed by atoms with van der Waals surface area (Å²) < 4.78 is 5.07. The molecular weight excluding hydrogens is 462 g/mol. The first-order valence-electron chi connectivity index (χ1n) is 13.0. The molecule has 0 N–H and O–H groups in total. The molecule has 7 nitrogen and oxygen atoms in total. The summed E-state index contributed by atoms with van der Waals surface area (Å²) in [4.78, 5) is 27.6. The Morgan fingerprint density at radius 3 is 2.59 bits per heavy atom. The molecule has 1 amide bonds. The molecule has 1 aliphatic carbocycles. The topological polar surface area (TPSA) is 85.0 Å². The van der Waals surface area contributed by atoms with E-state index in [0.29, 0.717) is 36.0 Å². The monoisotopic (exact) mass is 495 g/mol. The smallest absolute Gasteiger partial charge is 0.253 e. The summed E-state index contributed by atoms with van der Waals surface area (Å²) in [5, 5.41) is 3.96. The number of carbonyl (C=O) groups excluding carboxylic acids is 1. The molecule has 1 saturated carbocycles. The Bertz CT molecular complexity index is 1320. The van der Waals surface area contributed by atoms with Crippen LogP contribution in [-0.2, 0) is 13.0 Å². The second kappa shape index (κ2) is 11.0. The standard InChI is InChI=1S/C30H33N5O2/c1-20(27-12-13-28(32-18-27)29-33-21(2)37-34-29)26-11-8-23(16-26)15-22-6-9-25(10-7-22)30(36)35(3)19-24-5-4-14-31-17-24/h4-7,9-10,12-14,17-18,20,23,26H,8,11,15-16,19H2,1-3H3/t20-,23?,26-/m0/s1. The Hall–Kier alpha value is -3.87. The van der Waals surface area contributed by atoms with Crippen LogP contribution in [0, 0.1) is 18.8 Å². The molecule has 0 saturated heterocycles. The minimum absolute atomic E-state index is 0.0271. The van der Waals surface area contributed by atoms with Crippen LogP contribution in [0.4, 0.5) is 0 Å². The van der Waals surface area contributed by atoms with Crippen LogP contribution in [0.1, 0.15) is 65.0 Å². The summed E-state index contributed by atoms with van der Waals surface area (Å²) in [5.41, 5.74) is 5.04. The molecular formula is C30H33N5O2. The molecule has 3 atom stereocenters. The predicted octanol–water partition coefficient (Wildman–Crippen LogP) is 5.87. The lowest BCUT2D eigenvalue weighted by Gasteiger charge is -2.20. The van der Waals surface area contributed by atoms with Crippen LogP contribution in [0.2, 0.25) is 0 Å². The maximum atomic E-state index is 12.8. The number of nitrogens with zero attached hydrogens (tertiary/aromatic N) is 5. The molecule has 7 heteroatoms. The molecule has 1 aliphatic rings. The van der Waals surface area contributed by atoms with E-state index in [1.165, 1.54) is 30.4 Å². The molecule has 3 aromatic heterocycles. The van der Waals surface area contributed by atoms with Crippen LogP contribution in [0.5, 0.6) is 0 Å². The van der Waals surface area contributed by atoms with Gasteiger partial charge in [0.15, 0.2) is 0 Å². The van der Waals surface area contributed by atoms with Crippen molar-refractivity contribution in [2.24, 2.45) is 11.8 Å². The van der Waals surface area contributed by atoms with Crippen molar-refractivity contribution >= 4 is 5.91 Å². The average molecular weight is 496 g/mol. The third kappa shape index (κ3) is 5.93. The van der Waals surface area contributed by atoms with Gasteiger partial charge in [-0.05, 0) is 84.4 Å². The zero-order valence-corrected chi connectivity index (χ0v) is 21.7. The van der Waals surface area contributed by atoms with E-state index < -0.39 is 0 Å². The Morgan fingerprint density at radius 1 is 1.08 bits per heavy atom. The molecule has 1 aromatic carbocycles. The average Bonchev–Trinajstić information content (AvgIpc) is 3.58. The summed E-state index contributed by atoms with van der Waals surface area (Å²) in [6.07, 6.45) is 10.2. The Kier molecular flexibility index (Phi) is 7.40. The summed E-state index contributed by atoms with van der Waals surface area (Å²) in [7, 11) is 1.83. The van der Waals surface area contributed by atoms with Crippen molar-refractivity contribution in [3.63, 3.8) is 0 Å². The summed E-state index contributed by atoms with van der Waals surface area (Å²) >= 11 is 0. The summed E-state index contributed by atoms with van der Waals surface area (Å²) in [6.45, 7) is 4.64. The van der Waals surface area contributed by atoms with Gasteiger partial charge in [0.1, 0.15) is 5.69 Å². The molecule has 1 fully saturated rings. The van der Waals surface area contributed by atoms with Crippen molar-refractivity contribution in [3.8, 4) is 11.5 Å². The van der Waals surface area contributed by atoms with E-state index in [1.54, 1.807) is 24.2 Å². The van der Waals surface area contributed by atoms with Crippen LogP contribution in [0.15, 0.2) is 71.6 Å². The third-order valence-electron chi connectivity index (χ3n) is 7.57. The van der Waals surface area contributed by atoms with Gasteiger partial charge >= 0.3 is 0 Å². The number of rotatable bonds is 8. The minimum Gasteiger partial charge on any atom is -0.339 e. The molecule has 0 aliphatic heterocycles. The second-order valence-electron chi connectivity index (χ2n) is 10.3. The van der Waals surface area contributed by atoms with Gasteiger partial charge in [-0.3, -0.25) is 14.8 Å². The third-order valence-corrected chi connectivity index (χ3v) is 7.57. The van der Waals surface area contributed by atoms with E-state index in [0.717, 1.165) is 23.2 Å². The van der Waals surface area contributed by atoms with E-state index in [9.17, 15) is 4.79 Å². The highest BCUT2D eigenvalue weighted by molar-refractivity contribution is 5.94. The first-order valence-corrected chi connectivity index (χ1v) is 13.0. The fourth-order valence-corrected chi connectivity index (χ4v) is 5.41. The molecule has 5 rings (SSSR count). The highest BCUT2D eigenvalue weighted by Crippen LogP contribution is 2.41. The van der Waals surface area contributed by atoms with Gasteiger partial charge in [0.2, 0.25) is 11.7 Å². The molecule has 3 heterocycles. The van der Waals surface area contributed by atoms with Gasteiger partial charge < -0.3 is 9.42 Å². The first kappa shape index (κ1) is 24.8. The number of hydrogen-bond acceptors (Lipinski definition) is 6. The van der Waals surface area contributed by atoms with Crippen LogP contribution in [-0.4, -0.2) is 38.0 Å². The summed E-state index contributed by atoms with van der Waals surface area (Å²) in [6, 6.07) is 16.2. The van der Waals surface area contributed by atoms with Gasteiger partial charge in [-0.1, -0.05) is 36.3 Å². The zero-order valence-electron chi connectivity index (χ0n) is 21.7. The molecule has 37 heavy (non-hydrogen) atoms. The second-order valence-corrected chi connectivity index (χ2v) is 10.3. The number of benzene rings is 1. The normalized spacial score (nSPS) is 18.0. The molecule has 190 valence electrons. The maximum Gasteiger partial charge on any atom is 0.253 e. The van der Waals surface area contributed by atoms with Crippen LogP contribution < -0.4 is 0 Å². The quantitative estimate of drug-likeness (QED) is 0.304. The van der Waals surface area contributed by atoms with Gasteiger partial charge in [0.05, 0.1) is 0 Å². The summed E-state index contributed by atoms with van der Waals surface area (Å²) in [5.74, 6) is 2.86. The van der Waals surface area contributed by atoms with Crippen molar-refractivity contribution in [2.45, 2.75) is 52.0 Å². The van der Waals surface area contributed by atoms with Crippen LogP contribution >= 0.6 is 0 Å². The lowest BCUT2D eigenvalue weighted by atomic mass is 9.86. The van der Waals surface area contributed by atoms with Gasteiger partial charge in [0.25, 0.3) is 5.91 Å². The number of aryl methyl sites for hydroxylation is 1. The van der Waals surface area contributed by atoms with Gasteiger partial charge in [-0.15, -0.1) is 0 Å². The van der Waals surface area contributed by atoms with Crippen LogP contribution in [0.25, 0.3) is 11.5 Å². The number of hydrogen-bond donors (Lipinski definition) is 0. The van der Waals surface area contributed by atoms with Gasteiger partial charge in [0, 0.05) is 44.7 Å². The SMILES string of the molecule is Cc1nc(-c2ccc([C@@H](C)[C@H]3CCC(Cc4ccc(C(=O)N(C)Cc5cccnc5)cc4)C3)cn2)no1. The van der Waals surface area contributed by atoms with Crippen molar-refractivity contribution in [2.75, 3.05) is 7.05 Å². The Labute approximate surface area is 218 Å². The zero-order chi connectivity index (χ0) is 25.8. The fourth-order valence-electron chi connectivity index (χ4n) is 5.41. The van der Waals surface area contributed by atoms with E-state index in [2.05, 4.69) is 45.2 Å². The largest absolute Gasteiger partial charge is 0.339 e. The minimum atomic E-state index is 0.0271. The van der Waals surface area contributed by atoms with Crippen LogP contribution in [0.3, 0.4) is 0 Å². The fraction of sp³-hybridized carbons (Fsp3) is 0.367. The molecule has 1 unspecified atom stereocenters. The number of carbonyl (C=O) groups is 1. The molecule has 0 bridgehead atoms. The Balaban J connectivity index is 1.14. The van der Waals surface area contributed by atoms with Crippen molar-refractivity contribution in [3.05, 3.63) is 95.3 Å². The van der Waals surface area contributed by atoms with E-state index in [-0.39, 0.29) is 5.91 Å². The van der Waals surface area contributed by atoms with E-state index in [1.807, 2.05) is 43.6 Å². The predicted molar refractivity (Wildman–Crippen MR) is 142 cm³/mol. The molecule has 0 spiro atoms. The molecule has 0 radical (unpaired) electrons. The van der Waals surface area contributed by atoms with Crippen molar-refractivity contribution in [1.29, 1.82) is 0 Å².